The summed E-state index contributed by atoms with van der Waals surface area (Å²) in [5.41, 5.74) is 6.04. The minimum absolute atomic E-state index is 0.0377. The summed E-state index contributed by atoms with van der Waals surface area (Å²) in [7, 11) is 0. The molecule has 130 valence electrons. The molecule has 0 unspecified atom stereocenters. The van der Waals surface area contributed by atoms with Crippen molar-refractivity contribution in [2.75, 3.05) is 0 Å². The number of rotatable bonds is 4. The zero-order chi connectivity index (χ0) is 17.6. The molecule has 8 heteroatoms. The maximum Gasteiger partial charge on any atom is 0.297 e. The van der Waals surface area contributed by atoms with Crippen LogP contribution in [0.15, 0.2) is 28.8 Å². The molecule has 1 aliphatic carbocycles. The summed E-state index contributed by atoms with van der Waals surface area (Å²) < 4.78 is 21.0. The summed E-state index contributed by atoms with van der Waals surface area (Å²) in [4.78, 5) is 8.85. The third kappa shape index (κ3) is 2.62. The number of halogens is 1. The molecule has 25 heavy (non-hydrogen) atoms. The number of nitrogens with zero attached hydrogens (tertiary/aromatic N) is 5. The maximum atomic E-state index is 14.2. The van der Waals surface area contributed by atoms with Gasteiger partial charge in [0.05, 0.1) is 5.54 Å². The van der Waals surface area contributed by atoms with Gasteiger partial charge in [0.15, 0.2) is 5.82 Å². The fourth-order valence-corrected chi connectivity index (χ4v) is 2.89. The van der Waals surface area contributed by atoms with Crippen LogP contribution in [0.25, 0.3) is 17.4 Å². The van der Waals surface area contributed by atoms with Gasteiger partial charge in [0.25, 0.3) is 5.89 Å². The van der Waals surface area contributed by atoms with Crippen LogP contribution in [0.1, 0.15) is 50.7 Å². The van der Waals surface area contributed by atoms with Gasteiger partial charge in [0.2, 0.25) is 5.82 Å². The van der Waals surface area contributed by atoms with E-state index in [0.717, 1.165) is 19.3 Å². The smallest absolute Gasteiger partial charge is 0.297 e. The zero-order valence-corrected chi connectivity index (χ0v) is 14.1. The van der Waals surface area contributed by atoms with E-state index >= 15 is 0 Å². The van der Waals surface area contributed by atoms with Gasteiger partial charge in [-0.3, -0.25) is 0 Å². The van der Waals surface area contributed by atoms with Gasteiger partial charge in [-0.05, 0) is 31.4 Å². The average molecular weight is 342 g/mol. The Morgan fingerprint density at radius 1 is 1.24 bits per heavy atom. The van der Waals surface area contributed by atoms with Crippen LogP contribution in [0.4, 0.5) is 4.39 Å². The monoisotopic (exact) mass is 342 g/mol. The molecule has 0 aliphatic heterocycles. The van der Waals surface area contributed by atoms with Crippen LogP contribution in [0.3, 0.4) is 0 Å². The topological polar surface area (TPSA) is 95.7 Å². The van der Waals surface area contributed by atoms with Gasteiger partial charge in [-0.25, -0.2) is 14.1 Å². The average Bonchev–Trinajstić information content (AvgIpc) is 3.20. The Kier molecular flexibility index (Phi) is 3.64. The summed E-state index contributed by atoms with van der Waals surface area (Å²) >= 11 is 0. The number of para-hydroxylation sites is 1. The first kappa shape index (κ1) is 15.9. The predicted octanol–water partition coefficient (Wildman–Crippen LogP) is 2.92. The fraction of sp³-hybridized carbons (Fsp3) is 0.412. The maximum absolute atomic E-state index is 14.2. The molecular weight excluding hydrogens is 323 g/mol. The second-order valence-electron chi connectivity index (χ2n) is 6.74. The standard InChI is InChI=1S/C17H19FN6O/c1-10(2)14-20-13(22-24(14)12-7-4-3-6-11(12)18)15-21-16(23-25-15)17(19)8-5-9-17/h3-4,6-7,10H,5,8-9,19H2,1-2H3. The first-order chi connectivity index (χ1) is 12.0. The van der Waals surface area contributed by atoms with Crippen molar-refractivity contribution < 1.29 is 8.91 Å². The molecule has 2 aromatic heterocycles. The Morgan fingerprint density at radius 2 is 2.00 bits per heavy atom. The van der Waals surface area contributed by atoms with Crippen LogP contribution in [0, 0.1) is 5.82 Å². The Bertz CT molecular complexity index is 912. The molecule has 3 aromatic rings. The van der Waals surface area contributed by atoms with Crippen LogP contribution in [-0.2, 0) is 5.54 Å². The molecule has 0 spiro atoms. The Labute approximate surface area is 144 Å². The van der Waals surface area contributed by atoms with E-state index in [-0.39, 0.29) is 23.5 Å². The Balaban J connectivity index is 1.77. The molecule has 1 fully saturated rings. The van der Waals surface area contributed by atoms with Gasteiger partial charge < -0.3 is 10.3 Å². The first-order valence-electron chi connectivity index (χ1n) is 8.33. The fourth-order valence-electron chi connectivity index (χ4n) is 2.89. The minimum Gasteiger partial charge on any atom is -0.330 e. The van der Waals surface area contributed by atoms with Crippen molar-refractivity contribution in [2.45, 2.75) is 44.6 Å². The van der Waals surface area contributed by atoms with Crippen molar-refractivity contribution in [2.24, 2.45) is 5.73 Å². The molecular formula is C17H19FN6O. The number of aromatic nitrogens is 5. The van der Waals surface area contributed by atoms with Crippen molar-refractivity contribution in [3.8, 4) is 17.4 Å². The van der Waals surface area contributed by atoms with Crippen molar-refractivity contribution in [1.29, 1.82) is 0 Å². The zero-order valence-electron chi connectivity index (χ0n) is 14.1. The van der Waals surface area contributed by atoms with Gasteiger partial charge in [-0.1, -0.05) is 31.1 Å². The van der Waals surface area contributed by atoms with Crippen LogP contribution in [-0.4, -0.2) is 24.9 Å². The van der Waals surface area contributed by atoms with E-state index in [2.05, 4.69) is 20.2 Å². The first-order valence-corrected chi connectivity index (χ1v) is 8.33. The quantitative estimate of drug-likeness (QED) is 0.783. The van der Waals surface area contributed by atoms with E-state index < -0.39 is 5.54 Å². The molecule has 1 aromatic carbocycles. The molecule has 0 bridgehead atoms. The summed E-state index contributed by atoms with van der Waals surface area (Å²) in [6.45, 7) is 3.93. The van der Waals surface area contributed by atoms with Gasteiger partial charge in [-0.15, -0.1) is 5.10 Å². The molecule has 7 nitrogen and oxygen atoms in total. The number of nitrogens with two attached hydrogens (primary N) is 1. The van der Waals surface area contributed by atoms with Crippen molar-refractivity contribution >= 4 is 0 Å². The molecule has 0 radical (unpaired) electrons. The highest BCUT2D eigenvalue weighted by molar-refractivity contribution is 5.43. The van der Waals surface area contributed by atoms with E-state index in [9.17, 15) is 4.39 Å². The molecule has 4 rings (SSSR count). The normalized spacial score (nSPS) is 16.2. The molecule has 2 heterocycles. The third-order valence-corrected chi connectivity index (χ3v) is 4.54. The summed E-state index contributed by atoms with van der Waals surface area (Å²) in [5.74, 6) is 1.23. The van der Waals surface area contributed by atoms with Crippen LogP contribution in [0.5, 0.6) is 0 Å². The Morgan fingerprint density at radius 3 is 2.64 bits per heavy atom. The van der Waals surface area contributed by atoms with Crippen LogP contribution >= 0.6 is 0 Å². The summed E-state index contributed by atoms with van der Waals surface area (Å²) in [6.07, 6.45) is 2.72. The van der Waals surface area contributed by atoms with Crippen LogP contribution < -0.4 is 5.73 Å². The predicted molar refractivity (Wildman–Crippen MR) is 88.4 cm³/mol. The summed E-state index contributed by atoms with van der Waals surface area (Å²) in [6, 6.07) is 6.43. The lowest BCUT2D eigenvalue weighted by molar-refractivity contribution is 0.229. The van der Waals surface area contributed by atoms with Crippen molar-refractivity contribution in [1.82, 2.24) is 24.9 Å². The lowest BCUT2D eigenvalue weighted by Gasteiger charge is -2.34. The lowest BCUT2D eigenvalue weighted by Crippen LogP contribution is -2.44. The van der Waals surface area contributed by atoms with E-state index in [1.54, 1.807) is 18.2 Å². The molecule has 2 N–H and O–H groups in total. The van der Waals surface area contributed by atoms with Gasteiger partial charge in [-0.2, -0.15) is 4.98 Å². The van der Waals surface area contributed by atoms with E-state index in [1.165, 1.54) is 10.7 Å². The number of hydrogen-bond donors (Lipinski definition) is 1. The number of benzene rings is 1. The highest BCUT2D eigenvalue weighted by Gasteiger charge is 2.39. The third-order valence-electron chi connectivity index (χ3n) is 4.54. The Hall–Kier alpha value is -2.61. The van der Waals surface area contributed by atoms with E-state index in [0.29, 0.717) is 17.3 Å². The highest BCUT2D eigenvalue weighted by atomic mass is 19.1. The van der Waals surface area contributed by atoms with Crippen molar-refractivity contribution in [3.05, 3.63) is 41.7 Å². The highest BCUT2D eigenvalue weighted by Crippen LogP contribution is 2.37. The molecule has 1 saturated carbocycles. The molecule has 1 aliphatic rings. The summed E-state index contributed by atoms with van der Waals surface area (Å²) in [5, 5.41) is 8.39. The second kappa shape index (κ2) is 5.73. The van der Waals surface area contributed by atoms with E-state index in [1.807, 2.05) is 13.8 Å². The van der Waals surface area contributed by atoms with Crippen LogP contribution in [0.2, 0.25) is 0 Å². The lowest BCUT2D eigenvalue weighted by atomic mass is 9.77. The molecule has 0 saturated heterocycles. The van der Waals surface area contributed by atoms with Gasteiger partial charge in [0.1, 0.15) is 17.3 Å². The van der Waals surface area contributed by atoms with Gasteiger partial charge >= 0.3 is 0 Å². The SMILES string of the molecule is CC(C)c1nc(-c2nc(C3(N)CCC3)no2)nn1-c1ccccc1F. The van der Waals surface area contributed by atoms with Crippen molar-refractivity contribution in [3.63, 3.8) is 0 Å². The number of hydrogen-bond acceptors (Lipinski definition) is 6. The molecule has 0 atom stereocenters. The largest absolute Gasteiger partial charge is 0.330 e. The molecule has 0 amide bonds. The second-order valence-corrected chi connectivity index (χ2v) is 6.74. The van der Waals surface area contributed by atoms with E-state index in [4.69, 9.17) is 10.3 Å². The minimum atomic E-state index is -0.517. The van der Waals surface area contributed by atoms with Gasteiger partial charge in [0, 0.05) is 5.92 Å².